The van der Waals surface area contributed by atoms with Gasteiger partial charge in [-0.1, -0.05) is 5.11 Å². The van der Waals surface area contributed by atoms with Gasteiger partial charge in [-0.2, -0.15) is 0 Å². The topological polar surface area (TPSA) is 107 Å². The molecule has 1 atom stereocenters. The summed E-state index contributed by atoms with van der Waals surface area (Å²) < 4.78 is 5.16. The van der Waals surface area contributed by atoms with Gasteiger partial charge in [-0.05, 0) is 19.4 Å². The number of carbonyl (C=O) groups is 1. The van der Waals surface area contributed by atoms with E-state index < -0.39 is 17.6 Å². The molecule has 0 bridgehead atoms. The van der Waals surface area contributed by atoms with E-state index in [4.69, 9.17) is 15.4 Å². The van der Waals surface area contributed by atoms with Crippen molar-refractivity contribution in [3.8, 4) is 0 Å². The summed E-state index contributed by atoms with van der Waals surface area (Å²) in [5, 5.41) is 15.1. The lowest BCUT2D eigenvalue weighted by molar-refractivity contribution is -0.141. The number of hydrogen-bond acceptors (Lipinski definition) is 4. The number of azide groups is 1. The molecule has 0 aliphatic rings. The number of carboxylic acid groups (broad SMARTS) is 1. The van der Waals surface area contributed by atoms with Crippen molar-refractivity contribution in [3.05, 3.63) is 10.4 Å². The van der Waals surface area contributed by atoms with E-state index in [1.165, 1.54) is 0 Å². The fourth-order valence-electron chi connectivity index (χ4n) is 1.16. The number of nitrogens with one attached hydrogen (secondary N) is 1. The molecule has 0 saturated carbocycles. The maximum absolute atomic E-state index is 10.9. The van der Waals surface area contributed by atoms with Gasteiger partial charge in [0.25, 0.3) is 0 Å². The predicted octanol–water partition coefficient (Wildman–Crippen LogP) is 1.15. The molecule has 0 saturated heterocycles. The second-order valence-corrected chi connectivity index (χ2v) is 3.97. The third-order valence-electron chi connectivity index (χ3n) is 2.21. The third kappa shape index (κ3) is 6.23. The Morgan fingerprint density at radius 2 is 2.31 bits per heavy atom. The van der Waals surface area contributed by atoms with Gasteiger partial charge in [0, 0.05) is 31.5 Å². The molecule has 0 aliphatic heterocycles. The highest BCUT2D eigenvalue weighted by atomic mass is 16.5. The van der Waals surface area contributed by atoms with Crippen molar-refractivity contribution in [1.82, 2.24) is 5.32 Å². The van der Waals surface area contributed by atoms with Crippen LogP contribution in [0.4, 0.5) is 0 Å². The zero-order chi connectivity index (χ0) is 12.6. The summed E-state index contributed by atoms with van der Waals surface area (Å²) in [4.78, 5) is 13.5. The van der Waals surface area contributed by atoms with Crippen LogP contribution in [0.3, 0.4) is 0 Å². The Hall–Kier alpha value is -1.30. The van der Waals surface area contributed by atoms with Gasteiger partial charge in [0.2, 0.25) is 0 Å². The number of carboxylic acids is 1. The second kappa shape index (κ2) is 7.05. The van der Waals surface area contributed by atoms with Crippen LogP contribution in [0.1, 0.15) is 20.3 Å². The van der Waals surface area contributed by atoms with Gasteiger partial charge in [-0.3, -0.25) is 4.79 Å². The molecule has 0 aromatic rings. The Bertz CT molecular complexity index is 274. The smallest absolute Gasteiger partial charge is 0.320 e. The highest BCUT2D eigenvalue weighted by Crippen LogP contribution is 2.15. The molecule has 0 aromatic carbocycles. The molecule has 0 fully saturated rings. The lowest BCUT2D eigenvalue weighted by Crippen LogP contribution is -2.43. The van der Waals surface area contributed by atoms with E-state index in [1.807, 2.05) is 13.8 Å². The third-order valence-corrected chi connectivity index (χ3v) is 2.21. The summed E-state index contributed by atoms with van der Waals surface area (Å²) in [5.74, 6) is -0.939. The summed E-state index contributed by atoms with van der Waals surface area (Å²) in [6.07, 6.45) is 0.342. The first-order valence-corrected chi connectivity index (χ1v) is 4.95. The van der Waals surface area contributed by atoms with Crippen molar-refractivity contribution in [1.29, 1.82) is 0 Å². The largest absolute Gasteiger partial charge is 0.480 e. The van der Waals surface area contributed by atoms with E-state index in [0.717, 1.165) is 0 Å². The molecular formula is C9H18N4O3. The van der Waals surface area contributed by atoms with E-state index in [-0.39, 0.29) is 6.54 Å². The van der Waals surface area contributed by atoms with E-state index in [2.05, 4.69) is 15.3 Å². The summed E-state index contributed by atoms with van der Waals surface area (Å²) in [5.41, 5.74) is 7.55. The van der Waals surface area contributed by atoms with Crippen LogP contribution in [0.5, 0.6) is 0 Å². The minimum atomic E-state index is -0.939. The van der Waals surface area contributed by atoms with E-state index in [1.54, 1.807) is 7.11 Å². The summed E-state index contributed by atoms with van der Waals surface area (Å²) in [6.45, 7) is 4.20. The molecule has 2 N–H and O–H groups in total. The fraction of sp³-hybridized carbons (Fsp3) is 0.889. The average molecular weight is 230 g/mol. The number of hydrogen-bond donors (Lipinski definition) is 2. The molecule has 0 heterocycles. The molecule has 0 aliphatic carbocycles. The molecule has 0 aromatic heterocycles. The van der Waals surface area contributed by atoms with Crippen LogP contribution in [0.25, 0.3) is 10.4 Å². The Kier molecular flexibility index (Phi) is 6.48. The Morgan fingerprint density at radius 3 is 2.75 bits per heavy atom. The van der Waals surface area contributed by atoms with Crippen LogP contribution in [0.15, 0.2) is 5.11 Å². The van der Waals surface area contributed by atoms with E-state index in [0.29, 0.717) is 13.0 Å². The second-order valence-electron chi connectivity index (χ2n) is 3.97. The molecule has 0 radical (unpaired) electrons. The lowest BCUT2D eigenvalue weighted by atomic mass is 9.99. The Morgan fingerprint density at radius 1 is 1.69 bits per heavy atom. The predicted molar refractivity (Wildman–Crippen MR) is 59.1 cm³/mol. The van der Waals surface area contributed by atoms with Crippen LogP contribution < -0.4 is 5.32 Å². The maximum atomic E-state index is 10.9. The van der Waals surface area contributed by atoms with E-state index >= 15 is 0 Å². The summed E-state index contributed by atoms with van der Waals surface area (Å²) in [7, 11) is 1.54. The van der Waals surface area contributed by atoms with Gasteiger partial charge < -0.3 is 15.2 Å². The molecule has 16 heavy (non-hydrogen) atoms. The first-order valence-electron chi connectivity index (χ1n) is 4.95. The molecule has 0 amide bonds. The normalized spacial score (nSPS) is 12.9. The van der Waals surface area contributed by atoms with Crippen molar-refractivity contribution in [2.75, 3.05) is 20.2 Å². The van der Waals surface area contributed by atoms with E-state index in [9.17, 15) is 4.79 Å². The molecule has 1 unspecified atom stereocenters. The van der Waals surface area contributed by atoms with Crippen molar-refractivity contribution in [3.63, 3.8) is 0 Å². The van der Waals surface area contributed by atoms with Crippen molar-refractivity contribution < 1.29 is 14.6 Å². The Labute approximate surface area is 94.4 Å². The van der Waals surface area contributed by atoms with Crippen molar-refractivity contribution in [2.24, 2.45) is 5.11 Å². The number of methoxy groups -OCH3 is 1. The highest BCUT2D eigenvalue weighted by Gasteiger charge is 2.26. The van der Waals surface area contributed by atoms with Gasteiger partial charge in [0.1, 0.15) is 6.04 Å². The SMILES string of the molecule is COC(C)(C)CC(NCCN=[N+]=[N-])C(=O)O. The molecule has 92 valence electrons. The van der Waals surface area contributed by atoms with Crippen LogP contribution in [-0.2, 0) is 9.53 Å². The number of nitrogens with zero attached hydrogens (tertiary/aromatic N) is 3. The van der Waals surface area contributed by atoms with Gasteiger partial charge >= 0.3 is 5.97 Å². The molecule has 0 spiro atoms. The number of ether oxygens (including phenoxy) is 1. The average Bonchev–Trinajstić information content (AvgIpc) is 2.22. The molecule has 7 heteroatoms. The van der Waals surface area contributed by atoms with Crippen LogP contribution >= 0.6 is 0 Å². The van der Waals surface area contributed by atoms with Gasteiger partial charge in [0.05, 0.1) is 5.60 Å². The summed E-state index contributed by atoms with van der Waals surface area (Å²) in [6, 6.07) is -0.705. The fourth-order valence-corrected chi connectivity index (χ4v) is 1.16. The molecule has 0 rings (SSSR count). The van der Waals surface area contributed by atoms with Crippen LogP contribution in [0.2, 0.25) is 0 Å². The van der Waals surface area contributed by atoms with Crippen LogP contribution in [0, 0.1) is 0 Å². The number of rotatable bonds is 8. The first kappa shape index (κ1) is 14.7. The van der Waals surface area contributed by atoms with Gasteiger partial charge in [0.15, 0.2) is 0 Å². The minimum absolute atomic E-state index is 0.230. The van der Waals surface area contributed by atoms with Crippen LogP contribution in [-0.4, -0.2) is 42.9 Å². The summed E-state index contributed by atoms with van der Waals surface area (Å²) >= 11 is 0. The zero-order valence-electron chi connectivity index (χ0n) is 9.80. The molecular weight excluding hydrogens is 212 g/mol. The van der Waals surface area contributed by atoms with Crippen molar-refractivity contribution in [2.45, 2.75) is 31.9 Å². The Balaban J connectivity index is 4.18. The zero-order valence-corrected chi connectivity index (χ0v) is 9.80. The quantitative estimate of drug-likeness (QED) is 0.282. The monoisotopic (exact) mass is 230 g/mol. The van der Waals surface area contributed by atoms with Gasteiger partial charge in [-0.15, -0.1) is 0 Å². The standard InChI is InChI=1S/C9H18N4O3/c1-9(2,16-3)6-7(8(14)15)11-4-5-12-13-10/h7,11H,4-6H2,1-3H3,(H,14,15). The number of aliphatic carboxylic acids is 1. The maximum Gasteiger partial charge on any atom is 0.320 e. The lowest BCUT2D eigenvalue weighted by Gasteiger charge is -2.26. The van der Waals surface area contributed by atoms with Crippen molar-refractivity contribution >= 4 is 5.97 Å². The van der Waals surface area contributed by atoms with Gasteiger partial charge in [-0.25, -0.2) is 0 Å². The first-order chi connectivity index (χ1) is 7.43. The minimum Gasteiger partial charge on any atom is -0.480 e. The highest BCUT2D eigenvalue weighted by molar-refractivity contribution is 5.73. The molecule has 7 nitrogen and oxygen atoms in total.